The quantitative estimate of drug-likeness (QED) is 0.823. The molecule has 1 unspecified atom stereocenters. The zero-order chi connectivity index (χ0) is 13.0. The summed E-state index contributed by atoms with van der Waals surface area (Å²) in [5, 5.41) is 12.3. The Kier molecular flexibility index (Phi) is 4.43. The molecule has 1 saturated heterocycles. The molecule has 0 radical (unpaired) electrons. The van der Waals surface area contributed by atoms with E-state index in [1.807, 2.05) is 0 Å². The van der Waals surface area contributed by atoms with Crippen molar-refractivity contribution in [3.63, 3.8) is 0 Å². The molecule has 0 amide bonds. The lowest BCUT2D eigenvalue weighted by Crippen LogP contribution is -2.40. The van der Waals surface area contributed by atoms with E-state index in [9.17, 15) is 8.78 Å². The van der Waals surface area contributed by atoms with Crippen molar-refractivity contribution >= 4 is 5.82 Å². The highest BCUT2D eigenvalue weighted by Crippen LogP contribution is 2.18. The number of nitrogens with one attached hydrogen (secondary N) is 1. The third-order valence-electron chi connectivity index (χ3n) is 3.06. The second-order valence-corrected chi connectivity index (χ2v) is 4.42. The molecule has 0 bridgehead atoms. The van der Waals surface area contributed by atoms with Crippen molar-refractivity contribution < 1.29 is 13.9 Å². The number of nitrogens with zero attached hydrogens (tertiary/aromatic N) is 2. The van der Waals surface area contributed by atoms with Gasteiger partial charge in [0.2, 0.25) is 0 Å². The Morgan fingerprint density at radius 3 is 2.94 bits per heavy atom. The summed E-state index contributed by atoms with van der Waals surface area (Å²) in [6, 6.07) is 1.08. The van der Waals surface area contributed by atoms with Crippen LogP contribution in [0, 0.1) is 11.6 Å². The van der Waals surface area contributed by atoms with E-state index >= 15 is 0 Å². The van der Waals surface area contributed by atoms with E-state index in [4.69, 9.17) is 5.11 Å². The molecular weight excluding hydrogens is 240 g/mol. The average molecular weight is 257 g/mol. The lowest BCUT2D eigenvalue weighted by Gasteiger charge is -2.26. The van der Waals surface area contributed by atoms with Crippen molar-refractivity contribution in [2.45, 2.75) is 18.9 Å². The molecule has 18 heavy (non-hydrogen) atoms. The van der Waals surface area contributed by atoms with Crippen molar-refractivity contribution in [1.82, 2.24) is 10.3 Å². The summed E-state index contributed by atoms with van der Waals surface area (Å²) in [5.74, 6) is -1.29. The van der Waals surface area contributed by atoms with Crippen LogP contribution in [-0.2, 0) is 0 Å². The Morgan fingerprint density at radius 2 is 2.33 bits per heavy atom. The van der Waals surface area contributed by atoms with Gasteiger partial charge < -0.3 is 15.3 Å². The van der Waals surface area contributed by atoms with Crippen LogP contribution < -0.4 is 10.2 Å². The minimum absolute atomic E-state index is 0.0920. The van der Waals surface area contributed by atoms with E-state index in [1.165, 1.54) is 0 Å². The number of hydrogen-bond donors (Lipinski definition) is 2. The Balaban J connectivity index is 2.12. The minimum Gasteiger partial charge on any atom is -0.395 e. The van der Waals surface area contributed by atoms with Crippen molar-refractivity contribution in [1.29, 1.82) is 0 Å². The molecule has 1 atom stereocenters. The zero-order valence-corrected chi connectivity index (χ0v) is 10.1. The fraction of sp³-hybridized carbons (Fsp3) is 0.583. The maximum absolute atomic E-state index is 13.7. The molecular formula is C12H17F2N3O. The fourth-order valence-electron chi connectivity index (χ4n) is 2.22. The average Bonchev–Trinajstić information content (AvgIpc) is 2.81. The first-order valence-corrected chi connectivity index (χ1v) is 6.11. The Morgan fingerprint density at radius 1 is 1.50 bits per heavy atom. The van der Waals surface area contributed by atoms with Crippen molar-refractivity contribution in [2.24, 2.45) is 0 Å². The standard InChI is InChI=1S/C12H17F2N3O/c13-9-6-11(14)12(16-7-9)17(4-5-18)8-10-2-1-3-15-10/h6-7,10,15,18H,1-5,8H2. The number of aliphatic hydroxyl groups excluding tert-OH is 1. The van der Waals surface area contributed by atoms with E-state index in [0.29, 0.717) is 6.54 Å². The molecule has 100 valence electrons. The van der Waals surface area contributed by atoms with Gasteiger partial charge >= 0.3 is 0 Å². The summed E-state index contributed by atoms with van der Waals surface area (Å²) in [7, 11) is 0. The lowest BCUT2D eigenvalue weighted by molar-refractivity contribution is 0.299. The number of anilines is 1. The number of pyridine rings is 1. The first-order chi connectivity index (χ1) is 8.70. The van der Waals surface area contributed by atoms with Gasteiger partial charge in [0.25, 0.3) is 0 Å². The molecule has 1 aliphatic rings. The Hall–Kier alpha value is -1.27. The van der Waals surface area contributed by atoms with Gasteiger partial charge in [-0.3, -0.25) is 0 Å². The van der Waals surface area contributed by atoms with Crippen LogP contribution in [0.4, 0.5) is 14.6 Å². The molecule has 4 nitrogen and oxygen atoms in total. The largest absolute Gasteiger partial charge is 0.395 e. The Labute approximate surface area is 105 Å². The molecule has 6 heteroatoms. The molecule has 2 N–H and O–H groups in total. The maximum Gasteiger partial charge on any atom is 0.168 e. The molecule has 0 aliphatic carbocycles. The summed E-state index contributed by atoms with van der Waals surface area (Å²) in [6.45, 7) is 1.71. The summed E-state index contributed by atoms with van der Waals surface area (Å²) in [4.78, 5) is 5.43. The van der Waals surface area contributed by atoms with E-state index in [-0.39, 0.29) is 25.0 Å². The van der Waals surface area contributed by atoms with Crippen molar-refractivity contribution in [2.75, 3.05) is 31.1 Å². The molecule has 0 saturated carbocycles. The van der Waals surface area contributed by atoms with Gasteiger partial charge in [0.1, 0.15) is 5.82 Å². The molecule has 0 aromatic carbocycles. The molecule has 0 spiro atoms. The highest BCUT2D eigenvalue weighted by atomic mass is 19.1. The third-order valence-corrected chi connectivity index (χ3v) is 3.06. The number of aliphatic hydroxyl groups is 1. The van der Waals surface area contributed by atoms with E-state index in [1.54, 1.807) is 4.90 Å². The van der Waals surface area contributed by atoms with Gasteiger partial charge in [0.05, 0.1) is 12.8 Å². The zero-order valence-electron chi connectivity index (χ0n) is 10.1. The highest BCUT2D eigenvalue weighted by molar-refractivity contribution is 5.40. The fourth-order valence-corrected chi connectivity index (χ4v) is 2.22. The minimum atomic E-state index is -0.695. The monoisotopic (exact) mass is 257 g/mol. The lowest BCUT2D eigenvalue weighted by atomic mass is 10.2. The third kappa shape index (κ3) is 3.14. The summed E-state index contributed by atoms with van der Waals surface area (Å²) in [6.07, 6.45) is 3.10. The molecule has 1 fully saturated rings. The van der Waals surface area contributed by atoms with E-state index in [0.717, 1.165) is 31.6 Å². The maximum atomic E-state index is 13.7. The van der Waals surface area contributed by atoms with Crippen molar-refractivity contribution in [3.8, 4) is 0 Å². The van der Waals surface area contributed by atoms with Crippen LogP contribution in [0.15, 0.2) is 12.3 Å². The van der Waals surface area contributed by atoms with E-state index < -0.39 is 11.6 Å². The SMILES string of the molecule is OCCN(CC1CCCN1)c1ncc(F)cc1F. The van der Waals surface area contributed by atoms with Crippen LogP contribution in [0.2, 0.25) is 0 Å². The topological polar surface area (TPSA) is 48.4 Å². The Bertz CT molecular complexity index is 397. The predicted octanol–water partition coefficient (Wildman–Crippen LogP) is 0.910. The molecule has 1 aliphatic heterocycles. The second-order valence-electron chi connectivity index (χ2n) is 4.42. The second kappa shape index (κ2) is 6.06. The normalized spacial score (nSPS) is 19.2. The van der Waals surface area contributed by atoms with Gasteiger partial charge in [-0.25, -0.2) is 13.8 Å². The van der Waals surface area contributed by atoms with Gasteiger partial charge in [0.15, 0.2) is 11.6 Å². The van der Waals surface area contributed by atoms with Crippen LogP contribution in [0.3, 0.4) is 0 Å². The van der Waals surface area contributed by atoms with Crippen LogP contribution in [0.1, 0.15) is 12.8 Å². The molecule has 1 aromatic heterocycles. The van der Waals surface area contributed by atoms with Crippen LogP contribution >= 0.6 is 0 Å². The van der Waals surface area contributed by atoms with Crippen LogP contribution in [0.25, 0.3) is 0 Å². The molecule has 2 rings (SSSR count). The van der Waals surface area contributed by atoms with Gasteiger partial charge in [-0.2, -0.15) is 0 Å². The van der Waals surface area contributed by atoms with Gasteiger partial charge in [-0.1, -0.05) is 0 Å². The smallest absolute Gasteiger partial charge is 0.168 e. The summed E-state index contributed by atoms with van der Waals surface area (Å²) < 4.78 is 26.5. The molecule has 2 heterocycles. The van der Waals surface area contributed by atoms with Gasteiger partial charge in [0, 0.05) is 25.2 Å². The van der Waals surface area contributed by atoms with Gasteiger partial charge in [-0.15, -0.1) is 0 Å². The number of aromatic nitrogens is 1. The van der Waals surface area contributed by atoms with Crippen LogP contribution in [0.5, 0.6) is 0 Å². The number of rotatable bonds is 5. The van der Waals surface area contributed by atoms with E-state index in [2.05, 4.69) is 10.3 Å². The molecule has 1 aromatic rings. The first kappa shape index (κ1) is 13.2. The van der Waals surface area contributed by atoms with Crippen LogP contribution in [-0.4, -0.2) is 42.4 Å². The predicted molar refractivity (Wildman–Crippen MR) is 64.5 cm³/mol. The first-order valence-electron chi connectivity index (χ1n) is 6.11. The van der Waals surface area contributed by atoms with Crippen molar-refractivity contribution in [3.05, 3.63) is 23.9 Å². The highest BCUT2D eigenvalue weighted by Gasteiger charge is 2.20. The number of hydrogen-bond acceptors (Lipinski definition) is 4. The van der Waals surface area contributed by atoms with Gasteiger partial charge in [-0.05, 0) is 19.4 Å². The summed E-state index contributed by atoms with van der Waals surface area (Å²) in [5.41, 5.74) is 0. The summed E-state index contributed by atoms with van der Waals surface area (Å²) >= 11 is 0. The number of halogens is 2.